The highest BCUT2D eigenvalue weighted by atomic mass is 79.9. The van der Waals surface area contributed by atoms with Gasteiger partial charge in [0.25, 0.3) is 0 Å². The molecule has 2 atom stereocenters. The third-order valence-electron chi connectivity index (χ3n) is 4.58. The van der Waals surface area contributed by atoms with E-state index in [-0.39, 0.29) is 0 Å². The molecule has 4 nitrogen and oxygen atoms in total. The van der Waals surface area contributed by atoms with Crippen molar-refractivity contribution in [1.29, 1.82) is 0 Å². The van der Waals surface area contributed by atoms with E-state index in [1.807, 2.05) is 7.05 Å². The molecule has 1 heterocycles. The van der Waals surface area contributed by atoms with Crippen molar-refractivity contribution in [1.82, 2.24) is 15.5 Å². The molecule has 0 amide bonds. The first-order valence-electron chi connectivity index (χ1n) is 8.13. The minimum absolute atomic E-state index is 0.506. The van der Waals surface area contributed by atoms with Gasteiger partial charge < -0.3 is 10.6 Å². The summed E-state index contributed by atoms with van der Waals surface area (Å²) in [5.41, 5.74) is 1.26. The molecule has 0 radical (unpaired) electrons. The van der Waals surface area contributed by atoms with Crippen LogP contribution in [0.3, 0.4) is 0 Å². The second-order valence-electron chi connectivity index (χ2n) is 6.41. The highest BCUT2D eigenvalue weighted by Crippen LogP contribution is 2.33. The van der Waals surface area contributed by atoms with Crippen molar-refractivity contribution in [2.24, 2.45) is 4.99 Å². The average Bonchev–Trinajstić information content (AvgIpc) is 3.29. The van der Waals surface area contributed by atoms with E-state index in [0.29, 0.717) is 12.1 Å². The van der Waals surface area contributed by atoms with Gasteiger partial charge >= 0.3 is 0 Å². The molecule has 1 aromatic rings. The second kappa shape index (κ2) is 7.01. The lowest BCUT2D eigenvalue weighted by Crippen LogP contribution is -2.44. The van der Waals surface area contributed by atoms with Crippen molar-refractivity contribution in [3.8, 4) is 0 Å². The fraction of sp³-hybridized carbons (Fsp3) is 0.588. The Morgan fingerprint density at radius 2 is 2.05 bits per heavy atom. The summed E-state index contributed by atoms with van der Waals surface area (Å²) in [5, 5.41) is 6.99. The minimum Gasteiger partial charge on any atom is -0.352 e. The van der Waals surface area contributed by atoms with Crippen LogP contribution >= 0.6 is 15.9 Å². The number of likely N-dealkylation sites (tertiary alicyclic amines) is 1. The molecule has 3 rings (SSSR count). The number of guanidine groups is 1. The Hall–Kier alpha value is -1.07. The fourth-order valence-electron chi connectivity index (χ4n) is 3.25. The molecule has 1 aliphatic heterocycles. The summed E-state index contributed by atoms with van der Waals surface area (Å²) in [5.74, 6) is 0.901. The van der Waals surface area contributed by atoms with E-state index in [1.54, 1.807) is 0 Å². The molecule has 0 bridgehead atoms. The number of nitrogens with one attached hydrogen (secondary N) is 2. The van der Waals surface area contributed by atoms with Crippen LogP contribution in [0.1, 0.15) is 31.7 Å². The van der Waals surface area contributed by atoms with E-state index in [1.165, 1.54) is 24.8 Å². The first kappa shape index (κ1) is 15.8. The normalized spacial score (nSPS) is 26.2. The number of hydrogen-bond donors (Lipinski definition) is 2. The molecule has 1 aliphatic carbocycles. The summed E-state index contributed by atoms with van der Waals surface area (Å²) < 4.78 is 1.11. The summed E-state index contributed by atoms with van der Waals surface area (Å²) in [6, 6.07) is 10.4. The van der Waals surface area contributed by atoms with Crippen LogP contribution < -0.4 is 10.6 Å². The molecule has 2 fully saturated rings. The van der Waals surface area contributed by atoms with Gasteiger partial charge in [-0.05, 0) is 43.9 Å². The fourth-order valence-corrected chi connectivity index (χ4v) is 3.52. The Morgan fingerprint density at radius 1 is 1.32 bits per heavy atom. The Labute approximate surface area is 141 Å². The molecule has 22 heavy (non-hydrogen) atoms. The maximum Gasteiger partial charge on any atom is 0.191 e. The number of aliphatic imine (C=N–C) groups is 1. The molecule has 1 saturated heterocycles. The zero-order valence-corrected chi connectivity index (χ0v) is 14.9. The first-order chi connectivity index (χ1) is 10.7. The standard InChI is InChI=1S/C17H25BrN4/c1-12-9-15(11-22(12)16-7-8-16)21-17(19-2)20-10-13-3-5-14(18)6-4-13/h3-6,12,15-16H,7-11H2,1-2H3,(H2,19,20,21). The van der Waals surface area contributed by atoms with Crippen molar-refractivity contribution < 1.29 is 0 Å². The average molecular weight is 365 g/mol. The van der Waals surface area contributed by atoms with Crippen molar-refractivity contribution in [2.45, 2.75) is 50.9 Å². The van der Waals surface area contributed by atoms with Crippen LogP contribution in [0.15, 0.2) is 33.7 Å². The van der Waals surface area contributed by atoms with Gasteiger partial charge in [0.15, 0.2) is 5.96 Å². The largest absolute Gasteiger partial charge is 0.352 e. The summed E-state index contributed by atoms with van der Waals surface area (Å²) in [6.45, 7) is 4.28. The molecule has 120 valence electrons. The predicted molar refractivity (Wildman–Crippen MR) is 95.1 cm³/mol. The minimum atomic E-state index is 0.506. The molecule has 2 aliphatic rings. The highest BCUT2D eigenvalue weighted by Gasteiger charge is 2.38. The Morgan fingerprint density at radius 3 is 2.68 bits per heavy atom. The molecule has 2 N–H and O–H groups in total. The monoisotopic (exact) mass is 364 g/mol. The topological polar surface area (TPSA) is 39.7 Å². The van der Waals surface area contributed by atoms with Crippen LogP contribution in [-0.4, -0.2) is 42.6 Å². The van der Waals surface area contributed by atoms with E-state index >= 15 is 0 Å². The maximum atomic E-state index is 4.36. The third-order valence-corrected chi connectivity index (χ3v) is 5.11. The second-order valence-corrected chi connectivity index (χ2v) is 7.32. The highest BCUT2D eigenvalue weighted by molar-refractivity contribution is 9.10. The van der Waals surface area contributed by atoms with Crippen LogP contribution in [-0.2, 0) is 6.54 Å². The number of nitrogens with zero attached hydrogens (tertiary/aromatic N) is 2. The van der Waals surface area contributed by atoms with Gasteiger partial charge in [-0.25, -0.2) is 0 Å². The zero-order chi connectivity index (χ0) is 15.5. The van der Waals surface area contributed by atoms with Crippen LogP contribution in [0, 0.1) is 0 Å². The van der Waals surface area contributed by atoms with Crippen molar-refractivity contribution in [2.75, 3.05) is 13.6 Å². The van der Waals surface area contributed by atoms with Crippen LogP contribution in [0.2, 0.25) is 0 Å². The molecule has 5 heteroatoms. The van der Waals surface area contributed by atoms with E-state index in [9.17, 15) is 0 Å². The molecular weight excluding hydrogens is 340 g/mol. The molecule has 1 aromatic carbocycles. The predicted octanol–water partition coefficient (Wildman–Crippen LogP) is 2.74. The van der Waals surface area contributed by atoms with Gasteiger partial charge in [0.2, 0.25) is 0 Å². The van der Waals surface area contributed by atoms with Gasteiger partial charge in [0.05, 0.1) is 0 Å². The van der Waals surface area contributed by atoms with Gasteiger partial charge in [-0.3, -0.25) is 9.89 Å². The third kappa shape index (κ3) is 4.02. The van der Waals surface area contributed by atoms with Crippen molar-refractivity contribution >= 4 is 21.9 Å². The van der Waals surface area contributed by atoms with E-state index in [2.05, 4.69) is 67.6 Å². The summed E-state index contributed by atoms with van der Waals surface area (Å²) in [6.07, 6.45) is 3.97. The molecule has 0 aromatic heterocycles. The number of hydrogen-bond acceptors (Lipinski definition) is 2. The van der Waals surface area contributed by atoms with Crippen molar-refractivity contribution in [3.05, 3.63) is 34.3 Å². The zero-order valence-electron chi connectivity index (χ0n) is 13.3. The Kier molecular flexibility index (Phi) is 5.03. The molecule has 0 spiro atoms. The lowest BCUT2D eigenvalue weighted by molar-refractivity contribution is 0.256. The van der Waals surface area contributed by atoms with E-state index < -0.39 is 0 Å². The SMILES string of the molecule is CN=C(NCc1ccc(Br)cc1)NC1CC(C)N(C2CC2)C1. The van der Waals surface area contributed by atoms with Crippen LogP contribution in [0.4, 0.5) is 0 Å². The smallest absolute Gasteiger partial charge is 0.191 e. The van der Waals surface area contributed by atoms with Gasteiger partial charge in [-0.15, -0.1) is 0 Å². The quantitative estimate of drug-likeness (QED) is 0.637. The Bertz CT molecular complexity index is 524. The van der Waals surface area contributed by atoms with Crippen LogP contribution in [0.5, 0.6) is 0 Å². The van der Waals surface area contributed by atoms with E-state index in [0.717, 1.165) is 29.6 Å². The molecule has 2 unspecified atom stereocenters. The molecule has 1 saturated carbocycles. The number of rotatable bonds is 4. The lowest BCUT2D eigenvalue weighted by atomic mass is 10.2. The van der Waals surface area contributed by atoms with Crippen molar-refractivity contribution in [3.63, 3.8) is 0 Å². The first-order valence-corrected chi connectivity index (χ1v) is 8.92. The Balaban J connectivity index is 1.49. The number of halogens is 1. The van der Waals surface area contributed by atoms with Gasteiger partial charge in [0, 0.05) is 42.7 Å². The summed E-state index contributed by atoms with van der Waals surface area (Å²) >= 11 is 3.46. The molecular formula is C17H25BrN4. The number of benzene rings is 1. The van der Waals surface area contributed by atoms with Gasteiger partial charge in [0.1, 0.15) is 0 Å². The van der Waals surface area contributed by atoms with E-state index in [4.69, 9.17) is 0 Å². The van der Waals surface area contributed by atoms with Gasteiger partial charge in [-0.2, -0.15) is 0 Å². The lowest BCUT2D eigenvalue weighted by Gasteiger charge is -2.20. The summed E-state index contributed by atoms with van der Waals surface area (Å²) in [7, 11) is 1.84. The van der Waals surface area contributed by atoms with Crippen LogP contribution in [0.25, 0.3) is 0 Å². The summed E-state index contributed by atoms with van der Waals surface area (Å²) in [4.78, 5) is 7.01. The maximum absolute atomic E-state index is 4.36. The van der Waals surface area contributed by atoms with Gasteiger partial charge in [-0.1, -0.05) is 28.1 Å².